The molecule has 0 amide bonds. The number of pyridine rings is 1. The Bertz CT molecular complexity index is 751. The van der Waals surface area contributed by atoms with Gasteiger partial charge in [-0.1, -0.05) is 12.1 Å². The maximum Gasteiger partial charge on any atom is 0.154 e. The van der Waals surface area contributed by atoms with Gasteiger partial charge >= 0.3 is 0 Å². The molecule has 108 valence electrons. The van der Waals surface area contributed by atoms with Gasteiger partial charge in [0.1, 0.15) is 11.3 Å². The van der Waals surface area contributed by atoms with E-state index in [0.29, 0.717) is 13.2 Å². The summed E-state index contributed by atoms with van der Waals surface area (Å²) in [6.45, 7) is 3.34. The van der Waals surface area contributed by atoms with E-state index >= 15 is 0 Å². The summed E-state index contributed by atoms with van der Waals surface area (Å²) >= 11 is 0. The van der Waals surface area contributed by atoms with Crippen molar-refractivity contribution in [3.63, 3.8) is 0 Å². The molecule has 21 heavy (non-hydrogen) atoms. The summed E-state index contributed by atoms with van der Waals surface area (Å²) in [5, 5.41) is 3.34. The lowest BCUT2D eigenvalue weighted by atomic mass is 10.2. The summed E-state index contributed by atoms with van der Waals surface area (Å²) < 4.78 is 7.50. The lowest BCUT2D eigenvalue weighted by molar-refractivity contribution is 0.340. The van der Waals surface area contributed by atoms with Crippen molar-refractivity contribution in [1.82, 2.24) is 14.5 Å². The van der Waals surface area contributed by atoms with Crippen LogP contribution < -0.4 is 10.1 Å². The number of nitrogens with zero attached hydrogens (tertiary/aromatic N) is 3. The first-order valence-electron chi connectivity index (χ1n) is 6.99. The van der Waals surface area contributed by atoms with Crippen molar-refractivity contribution in [1.29, 1.82) is 0 Å². The van der Waals surface area contributed by atoms with Gasteiger partial charge in [0, 0.05) is 19.8 Å². The number of ether oxygens (including phenoxy) is 1. The molecule has 0 bridgehead atoms. The van der Waals surface area contributed by atoms with E-state index in [4.69, 9.17) is 4.74 Å². The average molecular weight is 282 g/mol. The second-order valence-electron chi connectivity index (χ2n) is 4.82. The van der Waals surface area contributed by atoms with Crippen LogP contribution in [0.2, 0.25) is 0 Å². The Hall–Kier alpha value is -2.56. The van der Waals surface area contributed by atoms with Crippen LogP contribution in [0.4, 0.5) is 5.82 Å². The molecule has 0 unspecified atom stereocenters. The number of hydrogen-bond acceptors (Lipinski definition) is 4. The molecule has 0 aliphatic rings. The van der Waals surface area contributed by atoms with Crippen LogP contribution in [-0.4, -0.2) is 21.1 Å². The van der Waals surface area contributed by atoms with E-state index in [1.807, 2.05) is 42.8 Å². The SMILES string of the molecule is CCOc1cccc(CNc2nccc3c2ncn3C)c1. The maximum atomic E-state index is 5.51. The summed E-state index contributed by atoms with van der Waals surface area (Å²) in [5.74, 6) is 1.69. The molecule has 1 N–H and O–H groups in total. The van der Waals surface area contributed by atoms with Crippen molar-refractivity contribution in [3.05, 3.63) is 48.4 Å². The smallest absolute Gasteiger partial charge is 0.154 e. The number of benzene rings is 1. The van der Waals surface area contributed by atoms with E-state index in [2.05, 4.69) is 21.4 Å². The summed E-state index contributed by atoms with van der Waals surface area (Å²) in [6.07, 6.45) is 3.59. The van der Waals surface area contributed by atoms with Crippen LogP contribution in [0.3, 0.4) is 0 Å². The molecule has 0 fully saturated rings. The first-order valence-corrected chi connectivity index (χ1v) is 6.99. The quantitative estimate of drug-likeness (QED) is 0.781. The van der Waals surface area contributed by atoms with E-state index in [0.717, 1.165) is 28.2 Å². The zero-order chi connectivity index (χ0) is 14.7. The fourth-order valence-corrected chi connectivity index (χ4v) is 2.29. The Morgan fingerprint density at radius 3 is 3.00 bits per heavy atom. The van der Waals surface area contributed by atoms with Crippen molar-refractivity contribution < 1.29 is 4.74 Å². The molecule has 2 aromatic heterocycles. The number of hydrogen-bond donors (Lipinski definition) is 1. The minimum Gasteiger partial charge on any atom is -0.494 e. The molecule has 5 nitrogen and oxygen atoms in total. The van der Waals surface area contributed by atoms with Crippen LogP contribution in [0.15, 0.2) is 42.9 Å². The van der Waals surface area contributed by atoms with Crippen LogP contribution in [0.25, 0.3) is 11.0 Å². The third-order valence-electron chi connectivity index (χ3n) is 3.31. The number of rotatable bonds is 5. The van der Waals surface area contributed by atoms with Gasteiger partial charge in [0.15, 0.2) is 5.82 Å². The van der Waals surface area contributed by atoms with Crippen molar-refractivity contribution in [2.75, 3.05) is 11.9 Å². The van der Waals surface area contributed by atoms with Gasteiger partial charge in [-0.15, -0.1) is 0 Å². The Morgan fingerprint density at radius 2 is 2.14 bits per heavy atom. The monoisotopic (exact) mass is 282 g/mol. The van der Waals surface area contributed by atoms with Crippen LogP contribution in [-0.2, 0) is 13.6 Å². The number of imidazole rings is 1. The van der Waals surface area contributed by atoms with Gasteiger partial charge in [-0.25, -0.2) is 9.97 Å². The fraction of sp³-hybridized carbons (Fsp3) is 0.250. The highest BCUT2D eigenvalue weighted by Gasteiger charge is 2.06. The topological polar surface area (TPSA) is 52.0 Å². The molecule has 0 saturated carbocycles. The number of nitrogens with one attached hydrogen (secondary N) is 1. The van der Waals surface area contributed by atoms with Crippen molar-refractivity contribution in [2.45, 2.75) is 13.5 Å². The molecule has 0 radical (unpaired) electrons. The lowest BCUT2D eigenvalue weighted by Gasteiger charge is -2.08. The van der Waals surface area contributed by atoms with E-state index in [9.17, 15) is 0 Å². The lowest BCUT2D eigenvalue weighted by Crippen LogP contribution is -2.02. The molecule has 2 heterocycles. The van der Waals surface area contributed by atoms with E-state index < -0.39 is 0 Å². The molecule has 5 heteroatoms. The Morgan fingerprint density at radius 1 is 1.24 bits per heavy atom. The zero-order valence-electron chi connectivity index (χ0n) is 12.2. The largest absolute Gasteiger partial charge is 0.494 e. The molecule has 0 aliphatic heterocycles. The summed E-state index contributed by atoms with van der Waals surface area (Å²) in [6, 6.07) is 10.0. The Balaban J connectivity index is 1.79. The minimum atomic E-state index is 0.672. The maximum absolute atomic E-state index is 5.51. The molecular formula is C16H18N4O. The summed E-state index contributed by atoms with van der Waals surface area (Å²) in [7, 11) is 1.98. The molecule has 0 spiro atoms. The second kappa shape index (κ2) is 5.83. The fourth-order valence-electron chi connectivity index (χ4n) is 2.29. The molecule has 0 saturated heterocycles. The predicted octanol–water partition coefficient (Wildman–Crippen LogP) is 2.98. The number of aryl methyl sites for hydroxylation is 1. The summed E-state index contributed by atoms with van der Waals surface area (Å²) in [4.78, 5) is 8.77. The minimum absolute atomic E-state index is 0.672. The van der Waals surface area contributed by atoms with E-state index in [1.54, 1.807) is 12.5 Å². The zero-order valence-corrected chi connectivity index (χ0v) is 12.2. The average Bonchev–Trinajstić information content (AvgIpc) is 2.88. The van der Waals surface area contributed by atoms with Gasteiger partial charge in [-0.2, -0.15) is 0 Å². The van der Waals surface area contributed by atoms with Gasteiger partial charge in [-0.05, 0) is 30.7 Å². The van der Waals surface area contributed by atoms with E-state index in [-0.39, 0.29) is 0 Å². The van der Waals surface area contributed by atoms with Crippen molar-refractivity contribution in [2.24, 2.45) is 7.05 Å². The standard InChI is InChI=1S/C16H18N4O/c1-3-21-13-6-4-5-12(9-13)10-18-16-15-14(7-8-17-16)20(2)11-19-15/h4-9,11H,3,10H2,1-2H3,(H,17,18). The Labute approximate surface area is 123 Å². The number of anilines is 1. The molecule has 3 aromatic rings. The normalized spacial score (nSPS) is 10.8. The summed E-state index contributed by atoms with van der Waals surface area (Å²) in [5.41, 5.74) is 3.10. The second-order valence-corrected chi connectivity index (χ2v) is 4.82. The van der Waals surface area contributed by atoms with Crippen LogP contribution in [0, 0.1) is 0 Å². The highest BCUT2D eigenvalue weighted by atomic mass is 16.5. The van der Waals surface area contributed by atoms with Crippen molar-refractivity contribution in [3.8, 4) is 5.75 Å². The number of fused-ring (bicyclic) bond motifs is 1. The molecule has 1 aromatic carbocycles. The van der Waals surface area contributed by atoms with E-state index in [1.165, 1.54) is 0 Å². The van der Waals surface area contributed by atoms with Gasteiger partial charge in [0.05, 0.1) is 18.5 Å². The third-order valence-corrected chi connectivity index (χ3v) is 3.31. The first-order chi connectivity index (χ1) is 10.3. The first kappa shape index (κ1) is 13.4. The highest BCUT2D eigenvalue weighted by molar-refractivity contribution is 5.85. The molecule has 3 rings (SSSR count). The van der Waals surface area contributed by atoms with Gasteiger partial charge < -0.3 is 14.6 Å². The van der Waals surface area contributed by atoms with Crippen molar-refractivity contribution >= 4 is 16.9 Å². The molecule has 0 atom stereocenters. The van der Waals surface area contributed by atoms with Gasteiger partial charge in [0.2, 0.25) is 0 Å². The van der Waals surface area contributed by atoms with Crippen LogP contribution in [0.5, 0.6) is 5.75 Å². The number of aromatic nitrogens is 3. The molecular weight excluding hydrogens is 264 g/mol. The van der Waals surface area contributed by atoms with Gasteiger partial charge in [-0.3, -0.25) is 0 Å². The molecule has 0 aliphatic carbocycles. The van der Waals surface area contributed by atoms with Crippen LogP contribution >= 0.6 is 0 Å². The Kier molecular flexibility index (Phi) is 3.73. The predicted molar refractivity (Wildman–Crippen MR) is 83.4 cm³/mol. The van der Waals surface area contributed by atoms with Crippen LogP contribution in [0.1, 0.15) is 12.5 Å². The highest BCUT2D eigenvalue weighted by Crippen LogP contribution is 2.20. The third kappa shape index (κ3) is 2.81. The van der Waals surface area contributed by atoms with Gasteiger partial charge in [0.25, 0.3) is 0 Å².